The Kier molecular flexibility index (Phi) is 4.53. The number of rotatable bonds is 6. The van der Waals surface area contributed by atoms with Gasteiger partial charge in [-0.2, -0.15) is 0 Å². The third-order valence-corrected chi connectivity index (χ3v) is 3.23. The van der Waals surface area contributed by atoms with Gasteiger partial charge in [0.05, 0.1) is 0 Å². The first kappa shape index (κ1) is 12.1. The van der Waals surface area contributed by atoms with Crippen molar-refractivity contribution >= 4 is 17.0 Å². The van der Waals surface area contributed by atoms with Gasteiger partial charge in [-0.15, -0.1) is 11.3 Å². The SMILES string of the molecule is Fc1ccc(NCCNCc2cccs2)cc1. The minimum atomic E-state index is -0.202. The Hall–Kier alpha value is -1.39. The lowest BCUT2D eigenvalue weighted by Gasteiger charge is -2.07. The Bertz CT molecular complexity index is 425. The van der Waals surface area contributed by atoms with Crippen LogP contribution in [0.15, 0.2) is 41.8 Å². The molecule has 0 bridgehead atoms. The number of hydrogen-bond acceptors (Lipinski definition) is 3. The quantitative estimate of drug-likeness (QED) is 0.770. The highest BCUT2D eigenvalue weighted by Crippen LogP contribution is 2.08. The van der Waals surface area contributed by atoms with Crippen LogP contribution >= 0.6 is 11.3 Å². The van der Waals surface area contributed by atoms with Crippen molar-refractivity contribution in [3.05, 3.63) is 52.5 Å². The molecular formula is C13H15FN2S. The van der Waals surface area contributed by atoms with Gasteiger partial charge < -0.3 is 10.6 Å². The first-order chi connectivity index (χ1) is 8.34. The van der Waals surface area contributed by atoms with E-state index in [0.717, 1.165) is 25.3 Å². The van der Waals surface area contributed by atoms with Crippen molar-refractivity contribution in [3.63, 3.8) is 0 Å². The molecule has 0 aliphatic carbocycles. The number of nitrogens with one attached hydrogen (secondary N) is 2. The molecule has 0 aliphatic heterocycles. The number of benzene rings is 1. The zero-order chi connectivity index (χ0) is 11.9. The van der Waals surface area contributed by atoms with E-state index in [2.05, 4.69) is 28.1 Å². The summed E-state index contributed by atoms with van der Waals surface area (Å²) >= 11 is 1.75. The lowest BCUT2D eigenvalue weighted by atomic mass is 10.3. The van der Waals surface area contributed by atoms with Crippen molar-refractivity contribution in [1.29, 1.82) is 0 Å². The molecule has 0 radical (unpaired) electrons. The molecule has 0 saturated carbocycles. The molecule has 17 heavy (non-hydrogen) atoms. The summed E-state index contributed by atoms with van der Waals surface area (Å²) in [4.78, 5) is 1.34. The predicted molar refractivity (Wildman–Crippen MR) is 70.9 cm³/mol. The zero-order valence-electron chi connectivity index (χ0n) is 9.45. The van der Waals surface area contributed by atoms with Gasteiger partial charge in [-0.25, -0.2) is 4.39 Å². The third kappa shape index (κ3) is 4.17. The van der Waals surface area contributed by atoms with E-state index in [0.29, 0.717) is 0 Å². The molecule has 0 aliphatic rings. The molecule has 1 aromatic heterocycles. The third-order valence-electron chi connectivity index (χ3n) is 2.35. The van der Waals surface area contributed by atoms with Crippen LogP contribution in [0.5, 0.6) is 0 Å². The Morgan fingerprint density at radius 3 is 2.59 bits per heavy atom. The number of thiophene rings is 1. The van der Waals surface area contributed by atoms with Gasteiger partial charge in [0.25, 0.3) is 0 Å². The molecule has 2 nitrogen and oxygen atoms in total. The molecule has 2 rings (SSSR count). The van der Waals surface area contributed by atoms with Gasteiger partial charge >= 0.3 is 0 Å². The summed E-state index contributed by atoms with van der Waals surface area (Å²) in [5, 5.41) is 8.65. The maximum Gasteiger partial charge on any atom is 0.123 e. The molecular weight excluding hydrogens is 235 g/mol. The van der Waals surface area contributed by atoms with E-state index in [1.165, 1.54) is 17.0 Å². The van der Waals surface area contributed by atoms with E-state index < -0.39 is 0 Å². The van der Waals surface area contributed by atoms with E-state index in [4.69, 9.17) is 0 Å². The highest BCUT2D eigenvalue weighted by Gasteiger charge is 1.94. The summed E-state index contributed by atoms with van der Waals surface area (Å²) in [6.45, 7) is 2.62. The van der Waals surface area contributed by atoms with Crippen molar-refractivity contribution in [2.45, 2.75) is 6.54 Å². The number of anilines is 1. The molecule has 1 aromatic carbocycles. The second-order valence-corrected chi connectivity index (χ2v) is 4.72. The maximum absolute atomic E-state index is 12.6. The van der Waals surface area contributed by atoms with Crippen LogP contribution in [0.25, 0.3) is 0 Å². The van der Waals surface area contributed by atoms with E-state index in [1.54, 1.807) is 23.5 Å². The molecule has 0 fully saturated rings. The van der Waals surface area contributed by atoms with E-state index >= 15 is 0 Å². The zero-order valence-corrected chi connectivity index (χ0v) is 10.3. The van der Waals surface area contributed by atoms with E-state index in [-0.39, 0.29) is 5.82 Å². The molecule has 0 atom stereocenters. The van der Waals surface area contributed by atoms with Gasteiger partial charge in [0.15, 0.2) is 0 Å². The molecule has 90 valence electrons. The average molecular weight is 250 g/mol. The molecule has 2 aromatic rings. The van der Waals surface area contributed by atoms with Gasteiger partial charge in [0, 0.05) is 30.2 Å². The van der Waals surface area contributed by atoms with Crippen LogP contribution in [0.3, 0.4) is 0 Å². The summed E-state index contributed by atoms with van der Waals surface area (Å²) in [5.74, 6) is -0.202. The minimum absolute atomic E-state index is 0.202. The first-order valence-electron chi connectivity index (χ1n) is 5.57. The van der Waals surface area contributed by atoms with Gasteiger partial charge in [-0.1, -0.05) is 6.07 Å². The summed E-state index contributed by atoms with van der Waals surface area (Å²) in [6.07, 6.45) is 0. The molecule has 0 spiro atoms. The van der Waals surface area contributed by atoms with Gasteiger partial charge in [-0.3, -0.25) is 0 Å². The Labute approximate surface area is 104 Å². The molecule has 4 heteroatoms. The summed E-state index contributed by atoms with van der Waals surface area (Å²) in [7, 11) is 0. The van der Waals surface area contributed by atoms with Crippen LogP contribution in [0.2, 0.25) is 0 Å². The number of halogens is 1. The second kappa shape index (κ2) is 6.37. The fourth-order valence-electron chi connectivity index (χ4n) is 1.49. The highest BCUT2D eigenvalue weighted by atomic mass is 32.1. The van der Waals surface area contributed by atoms with Gasteiger partial charge in [-0.05, 0) is 35.7 Å². The van der Waals surface area contributed by atoms with Crippen molar-refractivity contribution < 1.29 is 4.39 Å². The largest absolute Gasteiger partial charge is 0.384 e. The monoisotopic (exact) mass is 250 g/mol. The molecule has 2 N–H and O–H groups in total. The average Bonchev–Trinajstić information content (AvgIpc) is 2.84. The predicted octanol–water partition coefficient (Wildman–Crippen LogP) is 3.09. The lowest BCUT2D eigenvalue weighted by Crippen LogP contribution is -2.21. The summed E-state index contributed by atoms with van der Waals surface area (Å²) in [5.41, 5.74) is 0.948. The Morgan fingerprint density at radius 2 is 1.88 bits per heavy atom. The fraction of sp³-hybridized carbons (Fsp3) is 0.231. The number of hydrogen-bond donors (Lipinski definition) is 2. The molecule has 1 heterocycles. The maximum atomic E-state index is 12.6. The summed E-state index contributed by atoms with van der Waals surface area (Å²) < 4.78 is 12.6. The smallest absolute Gasteiger partial charge is 0.123 e. The van der Waals surface area contributed by atoms with Crippen molar-refractivity contribution in [1.82, 2.24) is 5.32 Å². The molecule has 0 saturated heterocycles. The molecule has 0 amide bonds. The van der Waals surface area contributed by atoms with Crippen LogP contribution in [0, 0.1) is 5.82 Å². The van der Waals surface area contributed by atoms with Crippen LogP contribution in [-0.4, -0.2) is 13.1 Å². The topological polar surface area (TPSA) is 24.1 Å². The van der Waals surface area contributed by atoms with Crippen molar-refractivity contribution in [2.75, 3.05) is 18.4 Å². The highest BCUT2D eigenvalue weighted by molar-refractivity contribution is 7.09. The van der Waals surface area contributed by atoms with Crippen molar-refractivity contribution in [2.24, 2.45) is 0 Å². The van der Waals surface area contributed by atoms with Crippen LogP contribution in [0.4, 0.5) is 10.1 Å². The fourth-order valence-corrected chi connectivity index (χ4v) is 2.16. The lowest BCUT2D eigenvalue weighted by molar-refractivity contribution is 0.628. The standard InChI is InChI=1S/C13H15FN2S/c14-11-3-5-12(6-4-11)16-8-7-15-10-13-2-1-9-17-13/h1-6,9,15-16H,7-8,10H2. The van der Waals surface area contributed by atoms with Crippen molar-refractivity contribution in [3.8, 4) is 0 Å². The summed E-state index contributed by atoms with van der Waals surface area (Å²) in [6, 6.07) is 10.6. The van der Waals surface area contributed by atoms with Crippen LogP contribution in [0.1, 0.15) is 4.88 Å². The van der Waals surface area contributed by atoms with Gasteiger partial charge in [0.2, 0.25) is 0 Å². The Morgan fingerprint density at radius 1 is 1.06 bits per heavy atom. The Balaban J connectivity index is 1.61. The second-order valence-electron chi connectivity index (χ2n) is 3.69. The van der Waals surface area contributed by atoms with E-state index in [1.807, 2.05) is 0 Å². The minimum Gasteiger partial charge on any atom is -0.384 e. The van der Waals surface area contributed by atoms with Crippen LogP contribution < -0.4 is 10.6 Å². The first-order valence-corrected chi connectivity index (χ1v) is 6.45. The van der Waals surface area contributed by atoms with Gasteiger partial charge in [0.1, 0.15) is 5.82 Å². The van der Waals surface area contributed by atoms with E-state index in [9.17, 15) is 4.39 Å². The van der Waals surface area contributed by atoms with Crippen LogP contribution in [-0.2, 0) is 6.54 Å². The molecule has 0 unspecified atom stereocenters. The normalized spacial score (nSPS) is 10.4.